The quantitative estimate of drug-likeness (QED) is 0.895. The topological polar surface area (TPSA) is 41.1 Å². The highest BCUT2D eigenvalue weighted by molar-refractivity contribution is 6.31. The van der Waals surface area contributed by atoms with Gasteiger partial charge in [-0.2, -0.15) is 0 Å². The molecule has 1 fully saturated rings. The van der Waals surface area contributed by atoms with Gasteiger partial charge in [0.05, 0.1) is 5.92 Å². The first kappa shape index (κ1) is 17.2. The van der Waals surface area contributed by atoms with Crippen molar-refractivity contribution in [3.63, 3.8) is 0 Å². The molecule has 2 N–H and O–H groups in total. The molecule has 0 aliphatic carbocycles. The van der Waals surface area contributed by atoms with Gasteiger partial charge < -0.3 is 10.6 Å². The lowest BCUT2D eigenvalue weighted by Crippen LogP contribution is -2.52. The zero-order valence-electron chi connectivity index (χ0n) is 11.5. The number of nitrogens with one attached hydrogen (secondary N) is 2. The number of benzene rings is 1. The Morgan fingerprint density at radius 2 is 2.15 bits per heavy atom. The second-order valence-corrected chi connectivity index (χ2v) is 5.99. The van der Waals surface area contributed by atoms with Crippen molar-refractivity contribution in [2.24, 2.45) is 5.92 Å². The van der Waals surface area contributed by atoms with E-state index in [1.165, 1.54) is 12.1 Å². The lowest BCUT2D eigenvalue weighted by Gasteiger charge is -2.30. The van der Waals surface area contributed by atoms with Crippen LogP contribution in [0.2, 0.25) is 5.02 Å². The average molecular weight is 321 g/mol. The molecule has 0 radical (unpaired) electrons. The van der Waals surface area contributed by atoms with E-state index >= 15 is 0 Å². The highest BCUT2D eigenvalue weighted by atomic mass is 35.5. The van der Waals surface area contributed by atoms with Gasteiger partial charge in [0.15, 0.2) is 0 Å². The fourth-order valence-electron chi connectivity index (χ4n) is 2.06. The molecule has 0 spiro atoms. The monoisotopic (exact) mass is 320 g/mol. The number of carbonyl (C=O) groups excluding carboxylic acids is 1. The van der Waals surface area contributed by atoms with Gasteiger partial charge in [-0.05, 0) is 17.7 Å². The highest BCUT2D eigenvalue weighted by Crippen LogP contribution is 2.30. The average Bonchev–Trinajstić information content (AvgIpc) is 2.23. The molecule has 3 nitrogen and oxygen atoms in total. The third-order valence-electron chi connectivity index (χ3n) is 3.52. The van der Waals surface area contributed by atoms with Gasteiger partial charge in [-0.1, -0.05) is 31.5 Å². The van der Waals surface area contributed by atoms with Crippen LogP contribution in [0.1, 0.15) is 19.4 Å². The van der Waals surface area contributed by atoms with E-state index in [0.717, 1.165) is 18.7 Å². The van der Waals surface area contributed by atoms with Crippen molar-refractivity contribution < 1.29 is 9.18 Å². The van der Waals surface area contributed by atoms with Crippen LogP contribution in [0, 0.1) is 11.7 Å². The van der Waals surface area contributed by atoms with Gasteiger partial charge in [0, 0.05) is 30.1 Å². The van der Waals surface area contributed by atoms with Gasteiger partial charge in [-0.25, -0.2) is 4.39 Å². The molecule has 0 bridgehead atoms. The summed E-state index contributed by atoms with van der Waals surface area (Å²) in [6.45, 7) is 5.91. The summed E-state index contributed by atoms with van der Waals surface area (Å²) in [6, 6.07) is 4.37. The minimum absolute atomic E-state index is 0. The van der Waals surface area contributed by atoms with Crippen molar-refractivity contribution in [2.75, 3.05) is 19.6 Å². The first-order chi connectivity index (χ1) is 8.90. The van der Waals surface area contributed by atoms with Crippen LogP contribution < -0.4 is 10.6 Å². The molecule has 0 saturated carbocycles. The second kappa shape index (κ2) is 6.74. The van der Waals surface area contributed by atoms with Crippen molar-refractivity contribution in [1.29, 1.82) is 0 Å². The van der Waals surface area contributed by atoms with Crippen molar-refractivity contribution in [1.82, 2.24) is 10.6 Å². The van der Waals surface area contributed by atoms with Crippen LogP contribution in [0.4, 0.5) is 4.39 Å². The molecular weight excluding hydrogens is 302 g/mol. The molecule has 1 saturated heterocycles. The predicted molar refractivity (Wildman–Crippen MR) is 81.1 cm³/mol. The summed E-state index contributed by atoms with van der Waals surface area (Å²) in [5.74, 6) is -0.223. The molecule has 1 heterocycles. The second-order valence-electron chi connectivity index (χ2n) is 5.58. The molecule has 0 atom stereocenters. The normalized spacial score (nSPS) is 15.2. The van der Waals surface area contributed by atoms with E-state index in [1.54, 1.807) is 6.07 Å². The zero-order chi connectivity index (χ0) is 14.0. The van der Waals surface area contributed by atoms with Gasteiger partial charge in [-0.15, -0.1) is 12.4 Å². The summed E-state index contributed by atoms with van der Waals surface area (Å²) in [7, 11) is 0. The number of hydrogen-bond acceptors (Lipinski definition) is 2. The lowest BCUT2D eigenvalue weighted by atomic mass is 9.84. The maximum atomic E-state index is 13.0. The smallest absolute Gasteiger partial charge is 0.225 e. The van der Waals surface area contributed by atoms with Crippen LogP contribution in [-0.4, -0.2) is 25.5 Å². The van der Waals surface area contributed by atoms with Crippen molar-refractivity contribution in [3.05, 3.63) is 34.6 Å². The molecule has 2 rings (SSSR count). The van der Waals surface area contributed by atoms with E-state index in [-0.39, 0.29) is 35.5 Å². The Hall–Kier alpha value is -0.840. The number of hydrogen-bond donors (Lipinski definition) is 2. The van der Waals surface area contributed by atoms with Crippen LogP contribution >= 0.6 is 24.0 Å². The molecule has 0 unspecified atom stereocenters. The van der Waals surface area contributed by atoms with E-state index < -0.39 is 0 Å². The summed E-state index contributed by atoms with van der Waals surface area (Å²) < 4.78 is 13.0. The van der Waals surface area contributed by atoms with E-state index in [4.69, 9.17) is 11.6 Å². The highest BCUT2D eigenvalue weighted by Gasteiger charge is 2.28. The van der Waals surface area contributed by atoms with Gasteiger partial charge in [-0.3, -0.25) is 4.79 Å². The Balaban J connectivity index is 0.00000200. The van der Waals surface area contributed by atoms with E-state index in [9.17, 15) is 9.18 Å². The molecule has 1 aliphatic rings. The Labute approximate surface area is 129 Å². The Morgan fingerprint density at radius 1 is 1.50 bits per heavy atom. The number of amides is 1. The van der Waals surface area contributed by atoms with Gasteiger partial charge in [0.2, 0.25) is 5.91 Å². The number of carbonyl (C=O) groups is 1. The third kappa shape index (κ3) is 3.84. The Morgan fingerprint density at radius 3 is 2.65 bits per heavy atom. The SMILES string of the molecule is CC(C)(CNC(=O)C1CNC1)c1ccc(F)cc1Cl.Cl. The van der Waals surface area contributed by atoms with Crippen LogP contribution in [0.25, 0.3) is 0 Å². The fraction of sp³-hybridized carbons (Fsp3) is 0.500. The Bertz CT molecular complexity index is 490. The molecule has 1 amide bonds. The summed E-state index contributed by atoms with van der Waals surface area (Å²) in [6.07, 6.45) is 0. The predicted octanol–water partition coefficient (Wildman–Crippen LogP) is 2.51. The molecule has 1 aromatic carbocycles. The lowest BCUT2D eigenvalue weighted by molar-refractivity contribution is -0.126. The molecule has 1 aromatic rings. The summed E-state index contributed by atoms with van der Waals surface area (Å²) in [5, 5.41) is 6.39. The summed E-state index contributed by atoms with van der Waals surface area (Å²) >= 11 is 6.07. The maximum absolute atomic E-state index is 13.0. The molecule has 6 heteroatoms. The standard InChI is InChI=1S/C14H18ClFN2O.ClH/c1-14(2,8-18-13(19)9-6-17-7-9)11-4-3-10(16)5-12(11)15;/h3-5,9,17H,6-8H2,1-2H3,(H,18,19);1H. The first-order valence-electron chi connectivity index (χ1n) is 6.34. The maximum Gasteiger partial charge on any atom is 0.225 e. The zero-order valence-corrected chi connectivity index (χ0v) is 13.1. The van der Waals surface area contributed by atoms with Crippen LogP contribution in [0.5, 0.6) is 0 Å². The van der Waals surface area contributed by atoms with E-state index in [2.05, 4.69) is 10.6 Å². The van der Waals surface area contributed by atoms with E-state index in [1.807, 2.05) is 13.8 Å². The van der Waals surface area contributed by atoms with Gasteiger partial charge in [0.1, 0.15) is 5.82 Å². The van der Waals surface area contributed by atoms with Crippen LogP contribution in [0.3, 0.4) is 0 Å². The summed E-state index contributed by atoms with van der Waals surface area (Å²) in [4.78, 5) is 11.8. The van der Waals surface area contributed by atoms with Gasteiger partial charge in [0.25, 0.3) is 0 Å². The van der Waals surface area contributed by atoms with E-state index in [0.29, 0.717) is 11.6 Å². The molecule has 0 aromatic heterocycles. The van der Waals surface area contributed by atoms with Crippen molar-refractivity contribution in [3.8, 4) is 0 Å². The fourth-order valence-corrected chi connectivity index (χ4v) is 2.48. The first-order valence-corrected chi connectivity index (χ1v) is 6.72. The minimum atomic E-state index is -0.353. The van der Waals surface area contributed by atoms with Crippen molar-refractivity contribution >= 4 is 29.9 Å². The molecular formula is C14H19Cl2FN2O. The Kier molecular flexibility index (Phi) is 5.80. The number of halogens is 3. The third-order valence-corrected chi connectivity index (χ3v) is 3.83. The van der Waals surface area contributed by atoms with Gasteiger partial charge >= 0.3 is 0 Å². The molecule has 1 aliphatic heterocycles. The van der Waals surface area contributed by atoms with Crippen LogP contribution in [-0.2, 0) is 10.2 Å². The molecule has 20 heavy (non-hydrogen) atoms. The van der Waals surface area contributed by atoms with Crippen molar-refractivity contribution in [2.45, 2.75) is 19.3 Å². The van der Waals surface area contributed by atoms with Crippen LogP contribution in [0.15, 0.2) is 18.2 Å². The molecule has 112 valence electrons. The minimum Gasteiger partial charge on any atom is -0.355 e. The largest absolute Gasteiger partial charge is 0.355 e. The number of rotatable bonds is 4. The summed E-state index contributed by atoms with van der Waals surface area (Å²) in [5.41, 5.74) is 0.500.